The number of fused-ring (bicyclic) bond motifs is 1. The smallest absolute Gasteiger partial charge is 0.261 e. The second-order valence-corrected chi connectivity index (χ2v) is 7.26. The fourth-order valence-electron chi connectivity index (χ4n) is 3.02. The van der Waals surface area contributed by atoms with Crippen LogP contribution in [0.25, 0.3) is 16.7 Å². The Morgan fingerprint density at radius 1 is 1.07 bits per heavy atom. The molecule has 1 amide bonds. The number of anilines is 1. The highest BCUT2D eigenvalue weighted by molar-refractivity contribution is 7.12. The summed E-state index contributed by atoms with van der Waals surface area (Å²) in [5, 5.41) is 13.7. The van der Waals surface area contributed by atoms with Crippen molar-refractivity contribution in [1.82, 2.24) is 25.1 Å². The van der Waals surface area contributed by atoms with Crippen molar-refractivity contribution in [3.63, 3.8) is 0 Å². The maximum absolute atomic E-state index is 12.0. The highest BCUT2D eigenvalue weighted by atomic mass is 32.1. The lowest BCUT2D eigenvalue weighted by Gasteiger charge is -2.09. The third-order valence-corrected chi connectivity index (χ3v) is 5.13. The van der Waals surface area contributed by atoms with Crippen LogP contribution in [0.4, 0.5) is 5.82 Å². The maximum atomic E-state index is 12.0. The van der Waals surface area contributed by atoms with Gasteiger partial charge in [0.1, 0.15) is 11.6 Å². The summed E-state index contributed by atoms with van der Waals surface area (Å²) in [6.07, 6.45) is 0. The highest BCUT2D eigenvalue weighted by Crippen LogP contribution is 2.26. The van der Waals surface area contributed by atoms with Crippen LogP contribution >= 0.6 is 11.3 Å². The Bertz CT molecular complexity index is 1100. The van der Waals surface area contributed by atoms with Gasteiger partial charge in [0.15, 0.2) is 5.65 Å². The summed E-state index contributed by atoms with van der Waals surface area (Å²) < 4.78 is 1.84. The standard InChI is InChI=1S/C20H20N6OS/c1-13-17-18(21-10-11-22-20(27)16-9-6-12-28-16)23-14(2)24-19(17)26(25-13)15-7-4-3-5-8-15/h3-9,12H,10-11H2,1-2H3,(H,22,27)(H,21,23,24). The number of nitrogens with zero attached hydrogens (tertiary/aromatic N) is 4. The van der Waals surface area contributed by atoms with Gasteiger partial charge in [0.25, 0.3) is 5.91 Å². The number of thiophene rings is 1. The van der Waals surface area contributed by atoms with Crippen molar-refractivity contribution in [3.8, 4) is 5.69 Å². The molecule has 2 N–H and O–H groups in total. The molecule has 0 aliphatic rings. The average Bonchev–Trinajstić information content (AvgIpc) is 3.34. The predicted molar refractivity (Wildman–Crippen MR) is 111 cm³/mol. The van der Waals surface area contributed by atoms with Crippen molar-refractivity contribution in [1.29, 1.82) is 0 Å². The van der Waals surface area contributed by atoms with Crippen LogP contribution < -0.4 is 10.6 Å². The third kappa shape index (κ3) is 3.59. The van der Waals surface area contributed by atoms with Crippen LogP contribution in [0.2, 0.25) is 0 Å². The molecule has 4 aromatic rings. The number of para-hydroxylation sites is 1. The molecule has 0 fully saturated rings. The van der Waals surface area contributed by atoms with E-state index in [1.807, 2.05) is 66.4 Å². The largest absolute Gasteiger partial charge is 0.368 e. The van der Waals surface area contributed by atoms with E-state index >= 15 is 0 Å². The molecule has 0 atom stereocenters. The van der Waals surface area contributed by atoms with E-state index in [9.17, 15) is 4.79 Å². The number of aryl methyl sites for hydroxylation is 2. The first kappa shape index (κ1) is 18.1. The fourth-order valence-corrected chi connectivity index (χ4v) is 3.66. The number of aromatic nitrogens is 4. The minimum Gasteiger partial charge on any atom is -0.368 e. The molecule has 0 bridgehead atoms. The number of amides is 1. The van der Waals surface area contributed by atoms with E-state index in [-0.39, 0.29) is 5.91 Å². The molecule has 3 heterocycles. The normalized spacial score (nSPS) is 10.9. The van der Waals surface area contributed by atoms with E-state index in [0.717, 1.165) is 28.2 Å². The molecule has 8 heteroatoms. The van der Waals surface area contributed by atoms with E-state index in [1.165, 1.54) is 11.3 Å². The SMILES string of the molecule is Cc1nc(NCCNC(=O)c2cccs2)c2c(C)nn(-c3ccccc3)c2n1. The minimum absolute atomic E-state index is 0.0612. The summed E-state index contributed by atoms with van der Waals surface area (Å²) in [6, 6.07) is 13.6. The van der Waals surface area contributed by atoms with E-state index in [0.29, 0.717) is 23.8 Å². The molecule has 1 aromatic carbocycles. The lowest BCUT2D eigenvalue weighted by molar-refractivity contribution is 0.0959. The van der Waals surface area contributed by atoms with Gasteiger partial charge in [0.2, 0.25) is 0 Å². The van der Waals surface area contributed by atoms with Gasteiger partial charge in [0.05, 0.1) is 21.6 Å². The number of hydrogen-bond acceptors (Lipinski definition) is 6. The topological polar surface area (TPSA) is 84.7 Å². The number of nitrogens with one attached hydrogen (secondary N) is 2. The second-order valence-electron chi connectivity index (χ2n) is 6.31. The van der Waals surface area contributed by atoms with Gasteiger partial charge in [-0.15, -0.1) is 11.3 Å². The van der Waals surface area contributed by atoms with Crippen molar-refractivity contribution in [2.45, 2.75) is 13.8 Å². The van der Waals surface area contributed by atoms with Crippen molar-refractivity contribution >= 4 is 34.1 Å². The molecule has 7 nitrogen and oxygen atoms in total. The van der Waals surface area contributed by atoms with E-state index in [1.54, 1.807) is 0 Å². The van der Waals surface area contributed by atoms with Crippen molar-refractivity contribution < 1.29 is 4.79 Å². The molecule has 0 aliphatic heterocycles. The molecule has 0 radical (unpaired) electrons. The van der Waals surface area contributed by atoms with Gasteiger partial charge in [-0.1, -0.05) is 24.3 Å². The van der Waals surface area contributed by atoms with Gasteiger partial charge < -0.3 is 10.6 Å². The Morgan fingerprint density at radius 2 is 1.89 bits per heavy atom. The molecule has 28 heavy (non-hydrogen) atoms. The van der Waals surface area contributed by atoms with Gasteiger partial charge in [0, 0.05) is 13.1 Å². The van der Waals surface area contributed by atoms with Crippen LogP contribution in [-0.4, -0.2) is 38.7 Å². The van der Waals surface area contributed by atoms with Crippen molar-refractivity contribution in [2.24, 2.45) is 0 Å². The average molecular weight is 392 g/mol. The molecule has 0 saturated heterocycles. The van der Waals surface area contributed by atoms with Gasteiger partial charge in [-0.2, -0.15) is 5.10 Å². The van der Waals surface area contributed by atoms with Gasteiger partial charge in [-0.25, -0.2) is 14.6 Å². The van der Waals surface area contributed by atoms with Crippen molar-refractivity contribution in [3.05, 3.63) is 64.2 Å². The summed E-state index contributed by atoms with van der Waals surface area (Å²) in [7, 11) is 0. The second kappa shape index (κ2) is 7.77. The number of rotatable bonds is 6. The summed E-state index contributed by atoms with van der Waals surface area (Å²) >= 11 is 1.43. The maximum Gasteiger partial charge on any atom is 0.261 e. The van der Waals surface area contributed by atoms with Crippen LogP contribution in [0, 0.1) is 13.8 Å². The lowest BCUT2D eigenvalue weighted by atomic mass is 10.3. The number of carbonyl (C=O) groups is 1. The van der Waals surface area contributed by atoms with Crippen LogP contribution in [0.1, 0.15) is 21.2 Å². The van der Waals surface area contributed by atoms with Crippen LogP contribution in [0.3, 0.4) is 0 Å². The summed E-state index contributed by atoms with van der Waals surface area (Å²) in [4.78, 5) is 21.9. The summed E-state index contributed by atoms with van der Waals surface area (Å²) in [5.41, 5.74) is 2.57. The minimum atomic E-state index is -0.0612. The van der Waals surface area contributed by atoms with E-state index in [4.69, 9.17) is 0 Å². The Hall–Kier alpha value is -3.26. The Balaban J connectivity index is 1.54. The van der Waals surface area contributed by atoms with Gasteiger partial charge in [-0.05, 0) is 37.4 Å². The first-order chi connectivity index (χ1) is 13.6. The predicted octanol–water partition coefficient (Wildman–Crippen LogP) is 3.34. The first-order valence-corrected chi connectivity index (χ1v) is 9.86. The van der Waals surface area contributed by atoms with E-state index in [2.05, 4.69) is 25.7 Å². The highest BCUT2D eigenvalue weighted by Gasteiger charge is 2.16. The zero-order valence-electron chi connectivity index (χ0n) is 15.6. The fraction of sp³-hybridized carbons (Fsp3) is 0.200. The molecule has 0 unspecified atom stereocenters. The first-order valence-electron chi connectivity index (χ1n) is 8.98. The number of carbonyl (C=O) groups excluding carboxylic acids is 1. The van der Waals surface area contributed by atoms with Gasteiger partial charge in [-0.3, -0.25) is 4.79 Å². The Morgan fingerprint density at radius 3 is 2.64 bits per heavy atom. The third-order valence-electron chi connectivity index (χ3n) is 4.26. The monoisotopic (exact) mass is 392 g/mol. The number of hydrogen-bond donors (Lipinski definition) is 2. The number of benzene rings is 1. The van der Waals surface area contributed by atoms with Crippen molar-refractivity contribution in [2.75, 3.05) is 18.4 Å². The quantitative estimate of drug-likeness (QED) is 0.492. The van der Waals surface area contributed by atoms with Crippen LogP contribution in [0.5, 0.6) is 0 Å². The van der Waals surface area contributed by atoms with Crippen LogP contribution in [-0.2, 0) is 0 Å². The van der Waals surface area contributed by atoms with E-state index < -0.39 is 0 Å². The molecule has 3 aromatic heterocycles. The molecule has 0 aliphatic carbocycles. The summed E-state index contributed by atoms with van der Waals surface area (Å²) in [6.45, 7) is 4.86. The van der Waals surface area contributed by atoms with Gasteiger partial charge >= 0.3 is 0 Å². The summed E-state index contributed by atoms with van der Waals surface area (Å²) in [5.74, 6) is 1.33. The zero-order valence-corrected chi connectivity index (χ0v) is 16.5. The molecule has 0 spiro atoms. The Kier molecular flexibility index (Phi) is 5.03. The molecule has 142 valence electrons. The molecular weight excluding hydrogens is 372 g/mol. The Labute approximate surface area is 166 Å². The lowest BCUT2D eigenvalue weighted by Crippen LogP contribution is -2.28. The molecule has 4 rings (SSSR count). The molecular formula is C20H20N6OS. The van der Waals surface area contributed by atoms with Crippen LogP contribution in [0.15, 0.2) is 47.8 Å². The zero-order chi connectivity index (χ0) is 19.5. The molecule has 0 saturated carbocycles.